The van der Waals surface area contributed by atoms with Crippen molar-refractivity contribution in [1.29, 1.82) is 0 Å². The van der Waals surface area contributed by atoms with Gasteiger partial charge in [0.25, 0.3) is 0 Å². The summed E-state index contributed by atoms with van der Waals surface area (Å²) in [7, 11) is 0. The number of hydroxylamine groups is 2. The van der Waals surface area contributed by atoms with E-state index in [4.69, 9.17) is 10.6 Å². The fourth-order valence-electron chi connectivity index (χ4n) is 1.72. The molecule has 5 nitrogen and oxygen atoms in total. The first-order chi connectivity index (χ1) is 8.04. The van der Waals surface area contributed by atoms with Gasteiger partial charge in [0.05, 0.1) is 6.54 Å². The van der Waals surface area contributed by atoms with Crippen molar-refractivity contribution in [3.8, 4) is 0 Å². The number of urea groups is 1. The number of nitrogens with zero attached hydrogens (tertiary/aromatic N) is 1. The molecule has 0 saturated heterocycles. The monoisotopic (exact) mass is 244 g/mol. The van der Waals surface area contributed by atoms with Gasteiger partial charge in [-0.2, -0.15) is 5.06 Å². The zero-order valence-corrected chi connectivity index (χ0v) is 11.1. The number of carbonyl (C=O) groups excluding carboxylic acids is 2. The average molecular weight is 244 g/mol. The van der Waals surface area contributed by atoms with Crippen LogP contribution in [-0.4, -0.2) is 23.6 Å². The van der Waals surface area contributed by atoms with E-state index in [0.29, 0.717) is 12.3 Å². The van der Waals surface area contributed by atoms with Gasteiger partial charge in [-0.1, -0.05) is 33.1 Å². The lowest BCUT2D eigenvalue weighted by atomic mass is 9.95. The Hall–Kier alpha value is -1.26. The summed E-state index contributed by atoms with van der Waals surface area (Å²) in [4.78, 5) is 27.2. The zero-order valence-electron chi connectivity index (χ0n) is 11.1. The Morgan fingerprint density at radius 1 is 1.24 bits per heavy atom. The van der Waals surface area contributed by atoms with E-state index < -0.39 is 6.03 Å². The van der Waals surface area contributed by atoms with Gasteiger partial charge in [0.2, 0.25) is 0 Å². The molecule has 1 unspecified atom stereocenters. The van der Waals surface area contributed by atoms with Crippen molar-refractivity contribution < 1.29 is 14.4 Å². The van der Waals surface area contributed by atoms with Crippen LogP contribution < -0.4 is 5.73 Å². The van der Waals surface area contributed by atoms with Crippen molar-refractivity contribution in [3.63, 3.8) is 0 Å². The van der Waals surface area contributed by atoms with Crippen molar-refractivity contribution in [2.75, 3.05) is 6.54 Å². The molecule has 0 heterocycles. The summed E-state index contributed by atoms with van der Waals surface area (Å²) in [6, 6.07) is -0.735. The number of rotatable bonds is 7. The molecule has 1 atom stereocenters. The molecule has 0 radical (unpaired) electrons. The topological polar surface area (TPSA) is 72.6 Å². The van der Waals surface area contributed by atoms with Crippen molar-refractivity contribution in [2.45, 2.75) is 52.9 Å². The number of hydrogen-bond acceptors (Lipinski definition) is 3. The number of carbonyl (C=O) groups is 2. The van der Waals surface area contributed by atoms with Gasteiger partial charge in [-0.25, -0.2) is 9.59 Å². The zero-order chi connectivity index (χ0) is 13.3. The lowest BCUT2D eigenvalue weighted by Gasteiger charge is -2.18. The Morgan fingerprint density at radius 2 is 1.88 bits per heavy atom. The van der Waals surface area contributed by atoms with E-state index in [-0.39, 0.29) is 12.5 Å². The van der Waals surface area contributed by atoms with Crippen LogP contribution in [0.1, 0.15) is 52.9 Å². The first-order valence-electron chi connectivity index (χ1n) is 6.32. The van der Waals surface area contributed by atoms with Crippen LogP contribution in [0, 0.1) is 5.92 Å². The molecule has 2 amide bonds. The number of primary amides is 1. The quantitative estimate of drug-likeness (QED) is 0.699. The van der Waals surface area contributed by atoms with Crippen LogP contribution in [-0.2, 0) is 9.63 Å². The van der Waals surface area contributed by atoms with Crippen LogP contribution >= 0.6 is 0 Å². The molecule has 0 aliphatic heterocycles. The Labute approximate surface area is 103 Å². The number of amides is 2. The van der Waals surface area contributed by atoms with Gasteiger partial charge in [0.15, 0.2) is 0 Å². The summed E-state index contributed by atoms with van der Waals surface area (Å²) in [5.41, 5.74) is 5.04. The highest BCUT2D eigenvalue weighted by atomic mass is 16.7. The Balaban J connectivity index is 3.96. The second-order valence-corrected chi connectivity index (χ2v) is 4.10. The minimum atomic E-state index is -0.735. The van der Waals surface area contributed by atoms with Gasteiger partial charge in [-0.3, -0.25) is 0 Å². The molecule has 0 aromatic carbocycles. The minimum Gasteiger partial charge on any atom is -0.349 e. The lowest BCUT2D eigenvalue weighted by Crippen LogP contribution is -2.37. The Bertz CT molecular complexity index is 244. The summed E-state index contributed by atoms with van der Waals surface area (Å²) in [6.45, 7) is 6.22. The molecule has 0 saturated carbocycles. The number of hydrogen-bond donors (Lipinski definition) is 1. The second kappa shape index (κ2) is 8.84. The van der Waals surface area contributed by atoms with Crippen LogP contribution in [0.4, 0.5) is 4.79 Å². The van der Waals surface area contributed by atoms with Crippen LogP contribution in [0.2, 0.25) is 0 Å². The van der Waals surface area contributed by atoms with E-state index in [1.54, 1.807) is 6.92 Å². The molecule has 0 aromatic heterocycles. The summed E-state index contributed by atoms with van der Waals surface area (Å²) in [5, 5.41) is 0.878. The van der Waals surface area contributed by atoms with Crippen molar-refractivity contribution in [2.24, 2.45) is 11.7 Å². The highest BCUT2D eigenvalue weighted by Gasteiger charge is 2.15. The van der Waals surface area contributed by atoms with Crippen molar-refractivity contribution in [3.05, 3.63) is 0 Å². The minimum absolute atomic E-state index is 0.271. The molecule has 17 heavy (non-hydrogen) atoms. The van der Waals surface area contributed by atoms with E-state index in [1.807, 2.05) is 0 Å². The fourth-order valence-corrected chi connectivity index (χ4v) is 1.72. The second-order valence-electron chi connectivity index (χ2n) is 4.10. The standard InChI is InChI=1S/C12H24N2O3/c1-4-7-10(5-2)8-9-11(15)17-14(6-3)12(13)16/h10H,4-9H2,1-3H3,(H2,13,16). The van der Waals surface area contributed by atoms with Gasteiger partial charge in [0, 0.05) is 6.42 Å². The largest absolute Gasteiger partial charge is 0.349 e. The molecule has 0 aromatic rings. The average Bonchev–Trinajstić information content (AvgIpc) is 2.30. The molecule has 0 bridgehead atoms. The maximum atomic E-state index is 11.5. The highest BCUT2D eigenvalue weighted by Crippen LogP contribution is 2.17. The third-order valence-electron chi connectivity index (χ3n) is 2.78. The van der Waals surface area contributed by atoms with Gasteiger partial charge < -0.3 is 10.6 Å². The predicted octanol–water partition coefficient (Wildman–Crippen LogP) is 2.45. The first-order valence-corrected chi connectivity index (χ1v) is 6.32. The molecule has 0 fully saturated rings. The summed E-state index contributed by atoms with van der Waals surface area (Å²) in [5.74, 6) is 0.163. The number of nitrogens with two attached hydrogens (primary N) is 1. The van der Waals surface area contributed by atoms with Crippen molar-refractivity contribution >= 4 is 12.0 Å². The maximum Gasteiger partial charge on any atom is 0.347 e. The SMILES string of the molecule is CCCC(CC)CCC(=O)ON(CC)C(N)=O. The van der Waals surface area contributed by atoms with Crippen LogP contribution in [0.5, 0.6) is 0 Å². The van der Waals surface area contributed by atoms with Crippen LogP contribution in [0.25, 0.3) is 0 Å². The molecule has 0 aliphatic rings. The van der Waals surface area contributed by atoms with Crippen molar-refractivity contribution in [1.82, 2.24) is 5.06 Å². The van der Waals surface area contributed by atoms with E-state index in [1.165, 1.54) is 0 Å². The van der Waals surface area contributed by atoms with Gasteiger partial charge in [0.1, 0.15) is 0 Å². The normalized spacial score (nSPS) is 11.9. The summed E-state index contributed by atoms with van der Waals surface area (Å²) < 4.78 is 0. The molecule has 0 rings (SSSR count). The molecule has 0 spiro atoms. The molecular formula is C12H24N2O3. The highest BCUT2D eigenvalue weighted by molar-refractivity contribution is 5.75. The molecule has 0 aliphatic carbocycles. The molecular weight excluding hydrogens is 220 g/mol. The van der Waals surface area contributed by atoms with Gasteiger partial charge in [-0.15, -0.1) is 0 Å². The van der Waals surface area contributed by atoms with Crippen LogP contribution in [0.15, 0.2) is 0 Å². The Kier molecular flexibility index (Phi) is 8.19. The van der Waals surface area contributed by atoms with E-state index in [9.17, 15) is 9.59 Å². The molecule has 2 N–H and O–H groups in total. The van der Waals surface area contributed by atoms with E-state index >= 15 is 0 Å². The van der Waals surface area contributed by atoms with Gasteiger partial charge >= 0.3 is 12.0 Å². The van der Waals surface area contributed by atoms with E-state index in [2.05, 4.69) is 13.8 Å². The lowest BCUT2D eigenvalue weighted by molar-refractivity contribution is -0.176. The molecule has 5 heteroatoms. The van der Waals surface area contributed by atoms with Gasteiger partial charge in [-0.05, 0) is 19.3 Å². The molecule has 100 valence electrons. The maximum absolute atomic E-state index is 11.5. The Morgan fingerprint density at radius 3 is 2.29 bits per heavy atom. The third kappa shape index (κ3) is 6.81. The predicted molar refractivity (Wildman–Crippen MR) is 66.0 cm³/mol. The summed E-state index contributed by atoms with van der Waals surface area (Å²) in [6.07, 6.45) is 4.45. The van der Waals surface area contributed by atoms with E-state index in [0.717, 1.165) is 30.7 Å². The smallest absolute Gasteiger partial charge is 0.347 e. The first kappa shape index (κ1) is 15.7. The third-order valence-corrected chi connectivity index (χ3v) is 2.78. The summed E-state index contributed by atoms with van der Waals surface area (Å²) >= 11 is 0. The fraction of sp³-hybridized carbons (Fsp3) is 0.833. The van der Waals surface area contributed by atoms with Crippen LogP contribution in [0.3, 0.4) is 0 Å².